The van der Waals surface area contributed by atoms with Crippen molar-refractivity contribution in [3.8, 4) is 5.69 Å². The number of H-pyrrole nitrogens is 1. The molecule has 3 aromatic heterocycles. The molecule has 0 saturated heterocycles. The summed E-state index contributed by atoms with van der Waals surface area (Å²) >= 11 is 8.09. The third-order valence-corrected chi connectivity index (χ3v) is 6.88. The van der Waals surface area contributed by atoms with Gasteiger partial charge in [0.15, 0.2) is 5.65 Å². The molecule has 0 atom stereocenters. The van der Waals surface area contributed by atoms with Crippen molar-refractivity contribution >= 4 is 65.8 Å². The van der Waals surface area contributed by atoms with Gasteiger partial charge in [0.25, 0.3) is 11.5 Å². The predicted molar refractivity (Wildman–Crippen MR) is 107 cm³/mol. The van der Waals surface area contributed by atoms with E-state index < -0.39 is 0 Å². The summed E-state index contributed by atoms with van der Waals surface area (Å²) in [4.78, 5) is 31.7. The highest BCUT2D eigenvalue weighted by molar-refractivity contribution is 9.13. The smallest absolute Gasteiger partial charge is 0.265 e. The molecule has 130 valence electrons. The van der Waals surface area contributed by atoms with Gasteiger partial charge in [-0.2, -0.15) is 5.10 Å². The minimum atomic E-state index is -0.268. The van der Waals surface area contributed by atoms with Gasteiger partial charge in [0.1, 0.15) is 5.39 Å². The lowest BCUT2D eigenvalue weighted by Crippen LogP contribution is -2.13. The van der Waals surface area contributed by atoms with Gasteiger partial charge < -0.3 is 10.3 Å². The Hall–Kier alpha value is -2.30. The van der Waals surface area contributed by atoms with Crippen molar-refractivity contribution in [1.82, 2.24) is 19.7 Å². The van der Waals surface area contributed by atoms with E-state index in [9.17, 15) is 9.59 Å². The number of nitrogens with one attached hydrogen (secondary N) is 2. The van der Waals surface area contributed by atoms with E-state index in [2.05, 4.69) is 52.2 Å². The Morgan fingerprint density at radius 3 is 2.85 bits per heavy atom. The Balaban J connectivity index is 1.76. The Bertz CT molecular complexity index is 1180. The molecule has 0 bridgehead atoms. The Labute approximate surface area is 167 Å². The first-order chi connectivity index (χ1) is 12.5. The fraction of sp³-hybridized carbons (Fsp3) is 0. The van der Waals surface area contributed by atoms with Crippen LogP contribution in [0.4, 0.5) is 5.69 Å². The number of halogens is 2. The molecule has 1 amide bonds. The summed E-state index contributed by atoms with van der Waals surface area (Å²) in [7, 11) is 0. The second-order valence-corrected chi connectivity index (χ2v) is 8.45. The van der Waals surface area contributed by atoms with Gasteiger partial charge in [-0.15, -0.1) is 11.3 Å². The van der Waals surface area contributed by atoms with Crippen LogP contribution in [0.15, 0.2) is 55.9 Å². The number of benzene rings is 1. The lowest BCUT2D eigenvalue weighted by atomic mass is 10.2. The van der Waals surface area contributed by atoms with Crippen molar-refractivity contribution < 1.29 is 4.79 Å². The van der Waals surface area contributed by atoms with Gasteiger partial charge in [0, 0.05) is 4.47 Å². The van der Waals surface area contributed by atoms with Crippen LogP contribution >= 0.6 is 43.2 Å². The van der Waals surface area contributed by atoms with Gasteiger partial charge in [-0.1, -0.05) is 12.1 Å². The number of hydrogen-bond acceptors (Lipinski definition) is 5. The van der Waals surface area contributed by atoms with Crippen molar-refractivity contribution in [1.29, 1.82) is 0 Å². The highest BCUT2D eigenvalue weighted by atomic mass is 79.9. The highest BCUT2D eigenvalue weighted by Gasteiger charge is 2.16. The molecule has 4 aromatic rings. The average Bonchev–Trinajstić information content (AvgIpc) is 3.20. The normalized spacial score (nSPS) is 11.0. The van der Waals surface area contributed by atoms with E-state index in [1.54, 1.807) is 18.2 Å². The first-order valence-electron chi connectivity index (χ1n) is 7.31. The highest BCUT2D eigenvalue weighted by Crippen LogP contribution is 2.33. The zero-order valence-corrected chi connectivity index (χ0v) is 16.9. The second kappa shape index (κ2) is 6.78. The van der Waals surface area contributed by atoms with E-state index in [-0.39, 0.29) is 11.5 Å². The van der Waals surface area contributed by atoms with Gasteiger partial charge in [-0.25, -0.2) is 9.67 Å². The number of fused-ring (bicyclic) bond motifs is 1. The number of aromatic nitrogens is 4. The second-order valence-electron chi connectivity index (χ2n) is 5.23. The number of carbonyl (C=O) groups is 1. The molecule has 0 radical (unpaired) electrons. The summed E-state index contributed by atoms with van der Waals surface area (Å²) in [5, 5.41) is 7.52. The number of carbonyl (C=O) groups excluding carboxylic acids is 1. The molecule has 4 rings (SSSR count). The fourth-order valence-corrected chi connectivity index (χ4v) is 4.37. The number of para-hydroxylation sites is 2. The van der Waals surface area contributed by atoms with E-state index in [1.807, 2.05) is 12.1 Å². The maximum absolute atomic E-state index is 12.6. The number of anilines is 1. The minimum absolute atomic E-state index is 0.240. The third-order valence-electron chi connectivity index (χ3n) is 3.62. The molecule has 0 aliphatic carbocycles. The molecule has 10 heteroatoms. The Morgan fingerprint density at radius 1 is 1.27 bits per heavy atom. The van der Waals surface area contributed by atoms with Crippen molar-refractivity contribution in [3.05, 3.63) is 66.3 Å². The van der Waals surface area contributed by atoms with Gasteiger partial charge >= 0.3 is 0 Å². The summed E-state index contributed by atoms with van der Waals surface area (Å²) < 4.78 is 3.19. The lowest BCUT2D eigenvalue weighted by molar-refractivity contribution is 0.103. The molecule has 0 aliphatic heterocycles. The Morgan fingerprint density at radius 2 is 2.08 bits per heavy atom. The summed E-state index contributed by atoms with van der Waals surface area (Å²) in [6.07, 6.45) is 2.78. The Kier molecular flexibility index (Phi) is 4.47. The molecule has 3 heterocycles. The molecule has 1 aromatic carbocycles. The lowest BCUT2D eigenvalue weighted by Gasteiger charge is -2.10. The molecule has 7 nitrogen and oxygen atoms in total. The standard InChI is InChI=1S/C16H9Br2N5O2S/c17-9-5-12(26-13(9)18)16(25)22-10-3-1-2-4-11(10)23-14-8(6-21-23)15(24)20-7-19-14/h1-7H,(H,22,25)(H,19,20,24). The van der Waals surface area contributed by atoms with Crippen LogP contribution in [0.1, 0.15) is 9.67 Å². The summed E-state index contributed by atoms with van der Waals surface area (Å²) in [6.45, 7) is 0. The number of thiophene rings is 1. The van der Waals surface area contributed by atoms with Crippen molar-refractivity contribution in [2.45, 2.75) is 0 Å². The van der Waals surface area contributed by atoms with E-state index in [0.29, 0.717) is 27.3 Å². The quantitative estimate of drug-likeness (QED) is 0.451. The summed E-state index contributed by atoms with van der Waals surface area (Å²) in [5.41, 5.74) is 1.32. The third kappa shape index (κ3) is 3.00. The van der Waals surface area contributed by atoms with Crippen LogP contribution < -0.4 is 10.9 Å². The van der Waals surface area contributed by atoms with Crippen LogP contribution in [0.25, 0.3) is 16.7 Å². The zero-order chi connectivity index (χ0) is 18.3. The van der Waals surface area contributed by atoms with Gasteiger partial charge in [-0.3, -0.25) is 9.59 Å². The molecule has 0 fully saturated rings. The molecule has 0 unspecified atom stereocenters. The maximum atomic E-state index is 12.6. The van der Waals surface area contributed by atoms with E-state index in [1.165, 1.54) is 28.5 Å². The minimum Gasteiger partial charge on any atom is -0.319 e. The number of nitrogens with zero attached hydrogens (tertiary/aromatic N) is 3. The van der Waals surface area contributed by atoms with Crippen molar-refractivity contribution in [3.63, 3.8) is 0 Å². The van der Waals surface area contributed by atoms with E-state index >= 15 is 0 Å². The largest absolute Gasteiger partial charge is 0.319 e. The van der Waals surface area contributed by atoms with E-state index in [0.717, 1.165) is 8.26 Å². The van der Waals surface area contributed by atoms with Crippen LogP contribution in [-0.4, -0.2) is 25.7 Å². The van der Waals surface area contributed by atoms with Crippen LogP contribution in [-0.2, 0) is 0 Å². The molecular weight excluding hydrogens is 486 g/mol. The zero-order valence-electron chi connectivity index (χ0n) is 12.9. The van der Waals surface area contributed by atoms with Crippen LogP contribution in [0.2, 0.25) is 0 Å². The van der Waals surface area contributed by atoms with Crippen LogP contribution in [0, 0.1) is 0 Å². The number of rotatable bonds is 3. The van der Waals surface area contributed by atoms with Gasteiger partial charge in [-0.05, 0) is 50.1 Å². The summed E-state index contributed by atoms with van der Waals surface area (Å²) in [5.74, 6) is -0.240. The van der Waals surface area contributed by atoms with Gasteiger partial charge in [0.2, 0.25) is 0 Å². The van der Waals surface area contributed by atoms with Crippen molar-refractivity contribution in [2.24, 2.45) is 0 Å². The summed E-state index contributed by atoms with van der Waals surface area (Å²) in [6, 6.07) is 8.95. The first kappa shape index (κ1) is 17.1. The maximum Gasteiger partial charge on any atom is 0.265 e. The SMILES string of the molecule is O=C(Nc1ccccc1-n1ncc2c(=O)[nH]cnc21)c1cc(Br)c(Br)s1. The monoisotopic (exact) mass is 493 g/mol. The number of hydrogen-bond donors (Lipinski definition) is 2. The molecular formula is C16H9Br2N5O2S. The number of aromatic amines is 1. The molecule has 26 heavy (non-hydrogen) atoms. The predicted octanol–water partition coefficient (Wildman–Crippen LogP) is 3.95. The molecule has 2 N–H and O–H groups in total. The van der Waals surface area contributed by atoms with Gasteiger partial charge in [0.05, 0.1) is 32.6 Å². The molecule has 0 spiro atoms. The topological polar surface area (TPSA) is 92.7 Å². The van der Waals surface area contributed by atoms with Crippen LogP contribution in [0.3, 0.4) is 0 Å². The number of amides is 1. The fourth-order valence-electron chi connectivity index (χ4n) is 2.44. The molecule has 0 saturated carbocycles. The van der Waals surface area contributed by atoms with Crippen LogP contribution in [0.5, 0.6) is 0 Å². The first-order valence-corrected chi connectivity index (χ1v) is 9.72. The average molecular weight is 495 g/mol. The van der Waals surface area contributed by atoms with E-state index in [4.69, 9.17) is 0 Å². The van der Waals surface area contributed by atoms with Crippen molar-refractivity contribution in [2.75, 3.05) is 5.32 Å². The molecule has 0 aliphatic rings.